The van der Waals surface area contributed by atoms with Gasteiger partial charge in [-0.25, -0.2) is 14.4 Å². The fourth-order valence-electron chi connectivity index (χ4n) is 2.25. The minimum Gasteiger partial charge on any atom is -0.497 e. The van der Waals surface area contributed by atoms with Gasteiger partial charge in [0.1, 0.15) is 12.4 Å². The van der Waals surface area contributed by atoms with Crippen molar-refractivity contribution in [2.45, 2.75) is 6.61 Å². The largest absolute Gasteiger partial charge is 0.497 e. The molecule has 0 aliphatic carbocycles. The molecule has 0 atom stereocenters. The van der Waals surface area contributed by atoms with Gasteiger partial charge >= 0.3 is 0 Å². The topological polar surface area (TPSA) is 44.2 Å². The standard InChI is InChI=1S/C20H15FN2O2/c1-3-14-11-22-20(23-12-14)17-5-4-6-18(21)19(17)25-13-15-7-9-16(24-2)10-8-15/h1,4-12H,13H2,2H3. The van der Waals surface area contributed by atoms with Crippen molar-refractivity contribution in [1.82, 2.24) is 9.97 Å². The fourth-order valence-corrected chi connectivity index (χ4v) is 2.25. The summed E-state index contributed by atoms with van der Waals surface area (Å²) in [5.74, 6) is 3.17. The van der Waals surface area contributed by atoms with Gasteiger partial charge in [0.05, 0.1) is 18.2 Å². The van der Waals surface area contributed by atoms with Crippen molar-refractivity contribution < 1.29 is 13.9 Å². The quantitative estimate of drug-likeness (QED) is 0.665. The Hall–Kier alpha value is -3.39. The molecule has 0 bridgehead atoms. The van der Waals surface area contributed by atoms with Crippen molar-refractivity contribution in [1.29, 1.82) is 0 Å². The van der Waals surface area contributed by atoms with Crippen LogP contribution in [0.5, 0.6) is 11.5 Å². The number of benzene rings is 2. The second-order valence-corrected chi connectivity index (χ2v) is 5.19. The van der Waals surface area contributed by atoms with Gasteiger partial charge < -0.3 is 9.47 Å². The van der Waals surface area contributed by atoms with Crippen LogP contribution in [-0.4, -0.2) is 17.1 Å². The predicted molar refractivity (Wildman–Crippen MR) is 92.7 cm³/mol. The Bertz CT molecular complexity index is 900. The summed E-state index contributed by atoms with van der Waals surface area (Å²) in [7, 11) is 1.60. The van der Waals surface area contributed by atoms with Gasteiger partial charge in [0.15, 0.2) is 17.4 Å². The maximum Gasteiger partial charge on any atom is 0.166 e. The first kappa shape index (κ1) is 16.5. The molecule has 0 aliphatic rings. The van der Waals surface area contributed by atoms with Crippen LogP contribution in [0.4, 0.5) is 4.39 Å². The zero-order valence-electron chi connectivity index (χ0n) is 13.6. The Morgan fingerprint density at radius 1 is 1.08 bits per heavy atom. The highest BCUT2D eigenvalue weighted by Crippen LogP contribution is 2.31. The van der Waals surface area contributed by atoms with E-state index >= 15 is 0 Å². The van der Waals surface area contributed by atoms with E-state index in [1.54, 1.807) is 19.2 Å². The smallest absolute Gasteiger partial charge is 0.166 e. The van der Waals surface area contributed by atoms with Crippen LogP contribution in [-0.2, 0) is 6.61 Å². The van der Waals surface area contributed by atoms with E-state index < -0.39 is 5.82 Å². The molecule has 0 saturated carbocycles. The number of ether oxygens (including phenoxy) is 2. The molecule has 3 aromatic rings. The Morgan fingerprint density at radius 2 is 1.80 bits per heavy atom. The number of halogens is 1. The van der Waals surface area contributed by atoms with Crippen molar-refractivity contribution >= 4 is 0 Å². The summed E-state index contributed by atoms with van der Waals surface area (Å²) in [4.78, 5) is 8.36. The number of methoxy groups -OCH3 is 1. The molecule has 0 unspecified atom stereocenters. The first-order valence-electron chi connectivity index (χ1n) is 7.54. The van der Waals surface area contributed by atoms with E-state index in [1.165, 1.54) is 18.5 Å². The molecule has 0 amide bonds. The van der Waals surface area contributed by atoms with Crippen molar-refractivity contribution in [3.8, 4) is 35.2 Å². The summed E-state index contributed by atoms with van der Waals surface area (Å²) in [6.45, 7) is 0.209. The van der Waals surface area contributed by atoms with Gasteiger partial charge in [0, 0.05) is 12.4 Å². The molecule has 0 spiro atoms. The maximum absolute atomic E-state index is 14.3. The SMILES string of the molecule is C#Cc1cnc(-c2cccc(F)c2OCc2ccc(OC)cc2)nc1. The van der Waals surface area contributed by atoms with E-state index in [9.17, 15) is 4.39 Å². The Labute approximate surface area is 145 Å². The highest BCUT2D eigenvalue weighted by atomic mass is 19.1. The molecule has 4 nitrogen and oxygen atoms in total. The van der Waals surface area contributed by atoms with Gasteiger partial charge in [0.2, 0.25) is 0 Å². The molecule has 0 fully saturated rings. The average molecular weight is 334 g/mol. The first-order chi connectivity index (χ1) is 12.2. The van der Waals surface area contributed by atoms with E-state index in [4.69, 9.17) is 15.9 Å². The Morgan fingerprint density at radius 3 is 2.44 bits per heavy atom. The molecule has 25 heavy (non-hydrogen) atoms. The lowest BCUT2D eigenvalue weighted by molar-refractivity contribution is 0.291. The summed E-state index contributed by atoms with van der Waals surface area (Å²) in [5, 5.41) is 0. The molecule has 3 rings (SSSR count). The molecule has 124 valence electrons. The summed E-state index contributed by atoms with van der Waals surface area (Å²) in [5.41, 5.74) is 1.91. The second-order valence-electron chi connectivity index (χ2n) is 5.19. The molecule has 0 N–H and O–H groups in total. The van der Waals surface area contributed by atoms with Crippen molar-refractivity contribution in [3.05, 3.63) is 71.8 Å². The van der Waals surface area contributed by atoms with Crippen LogP contribution in [0.2, 0.25) is 0 Å². The monoisotopic (exact) mass is 334 g/mol. The number of para-hydroxylation sites is 1. The molecular formula is C20H15FN2O2. The van der Waals surface area contributed by atoms with Crippen LogP contribution >= 0.6 is 0 Å². The summed E-state index contributed by atoms with van der Waals surface area (Å²) >= 11 is 0. The van der Waals surface area contributed by atoms with Gasteiger partial charge in [-0.05, 0) is 29.8 Å². The third kappa shape index (κ3) is 3.75. The number of aromatic nitrogens is 2. The minimum absolute atomic E-state index is 0.103. The van der Waals surface area contributed by atoms with E-state index in [2.05, 4.69) is 15.9 Å². The van der Waals surface area contributed by atoms with Crippen molar-refractivity contribution in [3.63, 3.8) is 0 Å². The van der Waals surface area contributed by atoms with Gasteiger partial charge in [-0.2, -0.15) is 0 Å². The summed E-state index contributed by atoms with van der Waals surface area (Å²) in [6, 6.07) is 12.0. The van der Waals surface area contributed by atoms with E-state index in [0.29, 0.717) is 17.0 Å². The van der Waals surface area contributed by atoms with Crippen LogP contribution in [0.15, 0.2) is 54.9 Å². The van der Waals surface area contributed by atoms with Crippen LogP contribution in [0.3, 0.4) is 0 Å². The molecule has 1 heterocycles. The van der Waals surface area contributed by atoms with Gasteiger partial charge in [0.25, 0.3) is 0 Å². The van der Waals surface area contributed by atoms with Gasteiger partial charge in [-0.3, -0.25) is 0 Å². The molecule has 5 heteroatoms. The van der Waals surface area contributed by atoms with Crippen LogP contribution in [0.1, 0.15) is 11.1 Å². The van der Waals surface area contributed by atoms with Crippen LogP contribution in [0, 0.1) is 18.2 Å². The second kappa shape index (κ2) is 7.45. The zero-order valence-corrected chi connectivity index (χ0v) is 13.6. The molecule has 0 radical (unpaired) electrons. The normalized spacial score (nSPS) is 10.1. The van der Waals surface area contributed by atoms with E-state index in [-0.39, 0.29) is 12.4 Å². The number of rotatable bonds is 5. The van der Waals surface area contributed by atoms with Crippen molar-refractivity contribution in [2.24, 2.45) is 0 Å². The lowest BCUT2D eigenvalue weighted by Gasteiger charge is -2.12. The Kier molecular flexibility index (Phi) is 4.91. The minimum atomic E-state index is -0.476. The molecular weight excluding hydrogens is 319 g/mol. The third-order valence-electron chi connectivity index (χ3n) is 3.57. The van der Waals surface area contributed by atoms with Crippen LogP contribution in [0.25, 0.3) is 11.4 Å². The number of hydrogen-bond acceptors (Lipinski definition) is 4. The molecule has 1 aromatic heterocycles. The van der Waals surface area contributed by atoms with Gasteiger partial charge in [-0.1, -0.05) is 24.1 Å². The first-order valence-corrected chi connectivity index (χ1v) is 7.54. The summed E-state index contributed by atoms with van der Waals surface area (Å²) in [6.07, 6.45) is 8.33. The average Bonchev–Trinajstić information content (AvgIpc) is 2.67. The number of hydrogen-bond donors (Lipinski definition) is 0. The molecule has 0 saturated heterocycles. The highest BCUT2D eigenvalue weighted by molar-refractivity contribution is 5.64. The van der Waals surface area contributed by atoms with Crippen LogP contribution < -0.4 is 9.47 Å². The third-order valence-corrected chi connectivity index (χ3v) is 3.57. The molecule has 2 aromatic carbocycles. The lowest BCUT2D eigenvalue weighted by Crippen LogP contribution is -2.01. The summed E-state index contributed by atoms with van der Waals surface area (Å²) < 4.78 is 25.1. The molecule has 0 aliphatic heterocycles. The lowest BCUT2D eigenvalue weighted by atomic mass is 10.1. The number of nitrogens with zero attached hydrogens (tertiary/aromatic N) is 2. The zero-order chi connectivity index (χ0) is 17.6. The van der Waals surface area contributed by atoms with Crippen molar-refractivity contribution in [2.75, 3.05) is 7.11 Å². The van der Waals surface area contributed by atoms with E-state index in [0.717, 1.165) is 11.3 Å². The van der Waals surface area contributed by atoms with Gasteiger partial charge in [-0.15, -0.1) is 6.42 Å². The number of terminal acetylenes is 1. The Balaban J connectivity index is 1.86. The maximum atomic E-state index is 14.3. The van der Waals surface area contributed by atoms with E-state index in [1.807, 2.05) is 24.3 Å². The fraction of sp³-hybridized carbons (Fsp3) is 0.100. The highest BCUT2D eigenvalue weighted by Gasteiger charge is 2.14. The predicted octanol–water partition coefficient (Wildman–Crippen LogP) is 3.85.